The van der Waals surface area contributed by atoms with E-state index in [1.54, 1.807) is 6.07 Å². The summed E-state index contributed by atoms with van der Waals surface area (Å²) < 4.78 is 41.3. The summed E-state index contributed by atoms with van der Waals surface area (Å²) in [5, 5.41) is 3.04. The van der Waals surface area contributed by atoms with Gasteiger partial charge in [0, 0.05) is 11.6 Å². The van der Waals surface area contributed by atoms with Crippen LogP contribution in [0.3, 0.4) is 0 Å². The number of nitrogens with two attached hydrogens (primary N) is 1. The summed E-state index contributed by atoms with van der Waals surface area (Å²) in [7, 11) is 0. The van der Waals surface area contributed by atoms with Crippen LogP contribution in [-0.2, 0) is 4.79 Å². The SMILES string of the molecule is NC(=O)C(NC1CCCC1)c1ccccc1OC(F)(F)F. The third-order valence-electron chi connectivity index (χ3n) is 3.50. The van der Waals surface area contributed by atoms with Crippen LogP contribution in [0.2, 0.25) is 0 Å². The lowest BCUT2D eigenvalue weighted by atomic mass is 10.0. The first-order valence-electron chi connectivity index (χ1n) is 6.77. The number of carbonyl (C=O) groups excluding carboxylic acids is 1. The van der Waals surface area contributed by atoms with Gasteiger partial charge in [0.25, 0.3) is 0 Å². The summed E-state index contributed by atoms with van der Waals surface area (Å²) in [5.74, 6) is -1.13. The maximum absolute atomic E-state index is 12.4. The Labute approximate surface area is 120 Å². The minimum absolute atomic E-state index is 0.0847. The zero-order valence-corrected chi connectivity index (χ0v) is 11.3. The molecule has 1 aliphatic carbocycles. The van der Waals surface area contributed by atoms with Crippen molar-refractivity contribution in [1.82, 2.24) is 5.32 Å². The smallest absolute Gasteiger partial charge is 0.405 e. The van der Waals surface area contributed by atoms with Crippen molar-refractivity contribution in [3.63, 3.8) is 0 Å². The predicted molar refractivity (Wildman–Crippen MR) is 70.5 cm³/mol. The van der Waals surface area contributed by atoms with Crippen LogP contribution in [0.25, 0.3) is 0 Å². The van der Waals surface area contributed by atoms with E-state index in [1.807, 2.05) is 0 Å². The third-order valence-corrected chi connectivity index (χ3v) is 3.50. The molecule has 4 nitrogen and oxygen atoms in total. The number of hydrogen-bond acceptors (Lipinski definition) is 3. The highest BCUT2D eigenvalue weighted by molar-refractivity contribution is 5.82. The fraction of sp³-hybridized carbons (Fsp3) is 0.500. The molecule has 1 atom stereocenters. The van der Waals surface area contributed by atoms with Crippen molar-refractivity contribution in [2.24, 2.45) is 5.73 Å². The minimum atomic E-state index is -4.81. The van der Waals surface area contributed by atoms with E-state index in [0.717, 1.165) is 25.7 Å². The molecular weight excluding hydrogens is 285 g/mol. The second kappa shape index (κ2) is 6.34. The van der Waals surface area contributed by atoms with Crippen LogP contribution in [-0.4, -0.2) is 18.3 Å². The number of carbonyl (C=O) groups is 1. The van der Waals surface area contributed by atoms with Crippen LogP contribution in [0.4, 0.5) is 13.2 Å². The van der Waals surface area contributed by atoms with Crippen molar-refractivity contribution < 1.29 is 22.7 Å². The van der Waals surface area contributed by atoms with E-state index in [-0.39, 0.29) is 11.6 Å². The van der Waals surface area contributed by atoms with Crippen molar-refractivity contribution in [1.29, 1.82) is 0 Å². The topological polar surface area (TPSA) is 64.4 Å². The molecule has 1 aromatic rings. The molecule has 2 rings (SSSR count). The molecule has 0 spiro atoms. The summed E-state index contributed by atoms with van der Waals surface area (Å²) >= 11 is 0. The highest BCUT2D eigenvalue weighted by Gasteiger charge is 2.34. The number of amides is 1. The fourth-order valence-corrected chi connectivity index (χ4v) is 2.59. The monoisotopic (exact) mass is 302 g/mol. The molecule has 1 fully saturated rings. The van der Waals surface area contributed by atoms with E-state index in [1.165, 1.54) is 18.2 Å². The molecule has 116 valence electrons. The van der Waals surface area contributed by atoms with Gasteiger partial charge in [-0.1, -0.05) is 31.0 Å². The Kier molecular flexibility index (Phi) is 4.72. The fourth-order valence-electron chi connectivity index (χ4n) is 2.59. The van der Waals surface area contributed by atoms with Crippen LogP contribution in [0, 0.1) is 0 Å². The summed E-state index contributed by atoms with van der Waals surface area (Å²) in [4.78, 5) is 11.6. The average Bonchev–Trinajstić information content (AvgIpc) is 2.87. The maximum Gasteiger partial charge on any atom is 0.573 e. The number of halogens is 3. The molecule has 7 heteroatoms. The number of ether oxygens (including phenoxy) is 1. The largest absolute Gasteiger partial charge is 0.573 e. The van der Waals surface area contributed by atoms with E-state index >= 15 is 0 Å². The summed E-state index contributed by atoms with van der Waals surface area (Å²) in [6.45, 7) is 0. The van der Waals surface area contributed by atoms with Crippen LogP contribution >= 0.6 is 0 Å². The first-order chi connectivity index (χ1) is 9.87. The molecule has 3 N–H and O–H groups in total. The molecule has 1 aliphatic rings. The summed E-state index contributed by atoms with van der Waals surface area (Å²) in [6, 6.07) is 4.64. The first-order valence-corrected chi connectivity index (χ1v) is 6.77. The number of para-hydroxylation sites is 1. The van der Waals surface area contributed by atoms with Gasteiger partial charge in [-0.05, 0) is 18.9 Å². The Hall–Kier alpha value is -1.76. The number of rotatable bonds is 5. The second-order valence-corrected chi connectivity index (χ2v) is 5.07. The molecule has 0 heterocycles. The number of hydrogen-bond donors (Lipinski definition) is 2. The lowest BCUT2D eigenvalue weighted by Crippen LogP contribution is -2.39. The van der Waals surface area contributed by atoms with Crippen molar-refractivity contribution in [2.45, 2.75) is 44.1 Å². The molecule has 1 amide bonds. The van der Waals surface area contributed by atoms with Gasteiger partial charge in [0.1, 0.15) is 11.8 Å². The second-order valence-electron chi connectivity index (χ2n) is 5.07. The van der Waals surface area contributed by atoms with Crippen molar-refractivity contribution in [3.8, 4) is 5.75 Å². The van der Waals surface area contributed by atoms with Crippen LogP contribution in [0.1, 0.15) is 37.3 Å². The molecule has 1 unspecified atom stereocenters. The van der Waals surface area contributed by atoms with Crippen molar-refractivity contribution in [2.75, 3.05) is 0 Å². The third kappa shape index (κ3) is 4.35. The quantitative estimate of drug-likeness (QED) is 0.879. The average molecular weight is 302 g/mol. The number of alkyl halides is 3. The van der Waals surface area contributed by atoms with Gasteiger partial charge in [0.2, 0.25) is 5.91 Å². The Bertz CT molecular complexity index is 499. The number of nitrogens with one attached hydrogen (secondary N) is 1. The van der Waals surface area contributed by atoms with Gasteiger partial charge in [0.15, 0.2) is 0 Å². The molecule has 0 bridgehead atoms. The Morgan fingerprint density at radius 2 is 1.90 bits per heavy atom. The lowest BCUT2D eigenvalue weighted by Gasteiger charge is -2.23. The zero-order valence-electron chi connectivity index (χ0n) is 11.3. The maximum atomic E-state index is 12.4. The van der Waals surface area contributed by atoms with Crippen LogP contribution in [0.5, 0.6) is 5.75 Å². The number of benzene rings is 1. The van der Waals surface area contributed by atoms with E-state index in [0.29, 0.717) is 0 Å². The van der Waals surface area contributed by atoms with E-state index < -0.39 is 24.1 Å². The minimum Gasteiger partial charge on any atom is -0.405 e. The van der Waals surface area contributed by atoms with E-state index in [2.05, 4.69) is 10.1 Å². The van der Waals surface area contributed by atoms with Gasteiger partial charge < -0.3 is 10.5 Å². The van der Waals surface area contributed by atoms with Crippen LogP contribution < -0.4 is 15.8 Å². The molecular formula is C14H17F3N2O2. The van der Waals surface area contributed by atoms with Crippen molar-refractivity contribution in [3.05, 3.63) is 29.8 Å². The molecule has 0 saturated heterocycles. The Morgan fingerprint density at radius 1 is 1.29 bits per heavy atom. The summed E-state index contributed by atoms with van der Waals surface area (Å²) in [5.41, 5.74) is 5.45. The zero-order chi connectivity index (χ0) is 15.5. The Morgan fingerprint density at radius 3 is 2.48 bits per heavy atom. The highest BCUT2D eigenvalue weighted by Crippen LogP contribution is 2.31. The molecule has 0 radical (unpaired) electrons. The summed E-state index contributed by atoms with van der Waals surface area (Å²) in [6.07, 6.45) is -0.989. The first kappa shape index (κ1) is 15.6. The molecule has 1 saturated carbocycles. The normalized spacial score (nSPS) is 17.7. The van der Waals surface area contributed by atoms with Gasteiger partial charge >= 0.3 is 6.36 Å². The van der Waals surface area contributed by atoms with Gasteiger partial charge in [-0.15, -0.1) is 13.2 Å². The lowest BCUT2D eigenvalue weighted by molar-refractivity contribution is -0.275. The molecule has 0 aromatic heterocycles. The highest BCUT2D eigenvalue weighted by atomic mass is 19.4. The van der Waals surface area contributed by atoms with E-state index in [4.69, 9.17) is 5.73 Å². The van der Waals surface area contributed by atoms with Gasteiger partial charge in [-0.2, -0.15) is 0 Å². The van der Waals surface area contributed by atoms with Crippen LogP contribution in [0.15, 0.2) is 24.3 Å². The Balaban J connectivity index is 2.24. The van der Waals surface area contributed by atoms with Gasteiger partial charge in [-0.25, -0.2) is 0 Å². The van der Waals surface area contributed by atoms with Crippen molar-refractivity contribution >= 4 is 5.91 Å². The molecule has 0 aliphatic heterocycles. The standard InChI is InChI=1S/C14H17F3N2O2/c15-14(16,17)21-11-8-4-3-7-10(11)12(13(18)20)19-9-5-1-2-6-9/h3-4,7-9,12,19H,1-2,5-6H2,(H2,18,20). The van der Waals surface area contributed by atoms with Gasteiger partial charge in [-0.3, -0.25) is 10.1 Å². The predicted octanol–water partition coefficient (Wildman–Crippen LogP) is 2.64. The number of primary amides is 1. The van der Waals surface area contributed by atoms with Gasteiger partial charge in [0.05, 0.1) is 0 Å². The molecule has 1 aromatic carbocycles. The molecule has 21 heavy (non-hydrogen) atoms. The van der Waals surface area contributed by atoms with E-state index in [9.17, 15) is 18.0 Å².